The van der Waals surface area contributed by atoms with Crippen molar-refractivity contribution in [3.63, 3.8) is 0 Å². The number of ketones is 2. The topological polar surface area (TPSA) is 59.0 Å². The molecule has 160 valence electrons. The zero-order chi connectivity index (χ0) is 20.4. The van der Waals surface area contributed by atoms with Crippen molar-refractivity contribution >= 4 is 17.3 Å². The van der Waals surface area contributed by atoms with Crippen LogP contribution in [0.5, 0.6) is 0 Å². The lowest BCUT2D eigenvalue weighted by molar-refractivity contribution is -0.152. The molecule has 0 bridgehead atoms. The summed E-state index contributed by atoms with van der Waals surface area (Å²) in [6.07, 6.45) is 8.54. The molecule has 4 aliphatic carbocycles. The number of oxime groups is 1. The lowest BCUT2D eigenvalue weighted by Gasteiger charge is -2.58. The number of likely N-dealkylation sites (N-methyl/N-ethyl adjacent to an activating group) is 1. The maximum Gasteiger partial charge on any atom is 0.141 e. The van der Waals surface area contributed by atoms with Crippen LogP contribution in [0.4, 0.5) is 0 Å². The predicted molar refractivity (Wildman–Crippen MR) is 112 cm³/mol. The molecule has 0 N–H and O–H groups in total. The van der Waals surface area contributed by atoms with E-state index < -0.39 is 0 Å². The van der Waals surface area contributed by atoms with Crippen molar-refractivity contribution < 1.29 is 14.4 Å². The molecular weight excluding hydrogens is 364 g/mol. The van der Waals surface area contributed by atoms with Crippen LogP contribution in [0.15, 0.2) is 5.16 Å². The summed E-state index contributed by atoms with van der Waals surface area (Å²) in [7, 11) is 2.12. The van der Waals surface area contributed by atoms with Gasteiger partial charge in [0.05, 0.1) is 5.71 Å². The van der Waals surface area contributed by atoms with E-state index in [0.717, 1.165) is 70.2 Å². The second-order valence-electron chi connectivity index (χ2n) is 11.2. The van der Waals surface area contributed by atoms with Crippen LogP contribution in [0.3, 0.4) is 0 Å². The maximum atomic E-state index is 13.3. The SMILES string of the molecule is CN1CC[C@H](O/N=C2/CC[C@@]3(C)[C@H](C2)C(=O)C[C@@H]2[C@@H]3CC[C@]3(C)C(=O)CC[C@@H]23)C1. The van der Waals surface area contributed by atoms with Gasteiger partial charge in [0, 0.05) is 43.7 Å². The largest absolute Gasteiger partial charge is 0.391 e. The summed E-state index contributed by atoms with van der Waals surface area (Å²) in [5, 5.41) is 4.53. The highest BCUT2D eigenvalue weighted by Crippen LogP contribution is 2.64. The van der Waals surface area contributed by atoms with Crippen molar-refractivity contribution in [3.05, 3.63) is 0 Å². The third-order valence-electron chi connectivity index (χ3n) is 9.69. The van der Waals surface area contributed by atoms with E-state index in [9.17, 15) is 9.59 Å². The van der Waals surface area contributed by atoms with Gasteiger partial charge in [-0.3, -0.25) is 9.59 Å². The zero-order valence-electron chi connectivity index (χ0n) is 18.3. The Labute approximate surface area is 174 Å². The van der Waals surface area contributed by atoms with Gasteiger partial charge in [-0.25, -0.2) is 0 Å². The molecule has 0 aromatic rings. The molecule has 5 aliphatic rings. The quantitative estimate of drug-likeness (QED) is 0.661. The monoisotopic (exact) mass is 400 g/mol. The van der Waals surface area contributed by atoms with Gasteiger partial charge in [-0.05, 0) is 68.7 Å². The highest BCUT2D eigenvalue weighted by Gasteiger charge is 2.62. The summed E-state index contributed by atoms with van der Waals surface area (Å²) in [6, 6.07) is 0. The number of carbonyl (C=O) groups is 2. The average Bonchev–Trinajstić information content (AvgIpc) is 3.24. The Kier molecular flexibility index (Phi) is 4.69. The van der Waals surface area contributed by atoms with E-state index in [4.69, 9.17) is 4.84 Å². The number of Topliss-reactive ketones (excluding diaryl/α,β-unsaturated/α-hetero) is 2. The van der Waals surface area contributed by atoms with Crippen LogP contribution in [0.1, 0.15) is 71.6 Å². The molecule has 1 heterocycles. The van der Waals surface area contributed by atoms with Crippen LogP contribution >= 0.6 is 0 Å². The van der Waals surface area contributed by atoms with E-state index in [0.29, 0.717) is 35.7 Å². The van der Waals surface area contributed by atoms with Gasteiger partial charge in [0.2, 0.25) is 0 Å². The fourth-order valence-electron chi connectivity index (χ4n) is 7.83. The van der Waals surface area contributed by atoms with Crippen LogP contribution in [0, 0.1) is 34.5 Å². The normalized spacial score (nSPS) is 49.1. The van der Waals surface area contributed by atoms with E-state index >= 15 is 0 Å². The predicted octanol–water partition coefficient (Wildman–Crippen LogP) is 3.85. The van der Waals surface area contributed by atoms with Gasteiger partial charge in [0.1, 0.15) is 17.7 Å². The summed E-state index contributed by atoms with van der Waals surface area (Å²) in [6.45, 7) is 6.57. The Balaban J connectivity index is 1.33. The first-order chi connectivity index (χ1) is 13.8. The fraction of sp³-hybridized carbons (Fsp3) is 0.875. The van der Waals surface area contributed by atoms with Crippen LogP contribution in [-0.2, 0) is 14.4 Å². The van der Waals surface area contributed by atoms with Crippen LogP contribution in [-0.4, -0.2) is 48.4 Å². The molecule has 4 saturated carbocycles. The van der Waals surface area contributed by atoms with E-state index in [2.05, 4.69) is 31.0 Å². The highest BCUT2D eigenvalue weighted by atomic mass is 16.6. The smallest absolute Gasteiger partial charge is 0.141 e. The zero-order valence-corrected chi connectivity index (χ0v) is 18.3. The summed E-state index contributed by atoms with van der Waals surface area (Å²) < 4.78 is 0. The molecule has 0 radical (unpaired) electrons. The third-order valence-corrected chi connectivity index (χ3v) is 9.69. The van der Waals surface area contributed by atoms with Gasteiger partial charge < -0.3 is 9.74 Å². The molecule has 5 nitrogen and oxygen atoms in total. The van der Waals surface area contributed by atoms with Gasteiger partial charge in [-0.1, -0.05) is 19.0 Å². The maximum absolute atomic E-state index is 13.3. The van der Waals surface area contributed by atoms with Crippen LogP contribution in [0.2, 0.25) is 0 Å². The lowest BCUT2D eigenvalue weighted by atomic mass is 9.45. The van der Waals surface area contributed by atoms with Gasteiger partial charge in [0.25, 0.3) is 0 Å². The van der Waals surface area contributed by atoms with Crippen molar-refractivity contribution in [2.24, 2.45) is 39.7 Å². The molecule has 5 rings (SSSR count). The first-order valence-electron chi connectivity index (χ1n) is 11.8. The molecule has 0 unspecified atom stereocenters. The molecule has 0 amide bonds. The first kappa shape index (κ1) is 19.7. The molecule has 0 spiro atoms. The summed E-state index contributed by atoms with van der Waals surface area (Å²) in [5.41, 5.74) is 0.999. The van der Waals surface area contributed by atoms with Crippen molar-refractivity contribution in [2.75, 3.05) is 20.1 Å². The van der Waals surface area contributed by atoms with Crippen molar-refractivity contribution in [1.82, 2.24) is 4.90 Å². The lowest BCUT2D eigenvalue weighted by Crippen LogP contribution is -2.56. The fourth-order valence-corrected chi connectivity index (χ4v) is 7.83. The molecule has 5 heteroatoms. The second kappa shape index (κ2) is 6.90. The molecule has 0 aromatic carbocycles. The standard InChI is InChI=1S/C24H36N2O3/c1-23-9-6-15(25-29-16-8-11-26(3)14-16)12-20(23)21(27)13-17-18-4-5-22(28)24(18,2)10-7-19(17)23/h16-20H,4-14H2,1-3H3/b25-15-/t16-,17-,18-,19-,20+,23+,24-/m0/s1. The minimum atomic E-state index is -0.159. The number of hydrogen-bond donors (Lipinski definition) is 0. The Morgan fingerprint density at radius 3 is 2.62 bits per heavy atom. The average molecular weight is 401 g/mol. The minimum Gasteiger partial charge on any atom is -0.391 e. The molecular formula is C24H36N2O3. The Bertz CT molecular complexity index is 748. The number of likely N-dealkylation sites (tertiary alicyclic amines) is 1. The number of nitrogens with zero attached hydrogens (tertiary/aromatic N) is 2. The highest BCUT2D eigenvalue weighted by molar-refractivity contribution is 5.93. The molecule has 7 atom stereocenters. The summed E-state index contributed by atoms with van der Waals surface area (Å²) in [4.78, 5) is 34.0. The van der Waals surface area contributed by atoms with Crippen molar-refractivity contribution in [2.45, 2.75) is 77.7 Å². The molecule has 0 aromatic heterocycles. The molecule has 1 saturated heterocycles. The van der Waals surface area contributed by atoms with Crippen molar-refractivity contribution in [3.8, 4) is 0 Å². The van der Waals surface area contributed by atoms with Gasteiger partial charge in [-0.2, -0.15) is 0 Å². The first-order valence-corrected chi connectivity index (χ1v) is 11.8. The Morgan fingerprint density at radius 2 is 1.86 bits per heavy atom. The number of carbonyl (C=O) groups excluding carboxylic acids is 2. The molecule has 29 heavy (non-hydrogen) atoms. The molecule has 1 aliphatic heterocycles. The summed E-state index contributed by atoms with van der Waals surface area (Å²) in [5.74, 6) is 2.39. The Hall–Kier alpha value is -1.23. The van der Waals surface area contributed by atoms with E-state index in [-0.39, 0.29) is 22.9 Å². The van der Waals surface area contributed by atoms with Gasteiger partial charge >= 0.3 is 0 Å². The van der Waals surface area contributed by atoms with Crippen LogP contribution < -0.4 is 0 Å². The van der Waals surface area contributed by atoms with E-state index in [1.807, 2.05) is 0 Å². The minimum absolute atomic E-state index is 0.0690. The van der Waals surface area contributed by atoms with Gasteiger partial charge in [0.15, 0.2) is 0 Å². The van der Waals surface area contributed by atoms with E-state index in [1.165, 1.54) is 0 Å². The number of fused-ring (bicyclic) bond motifs is 5. The number of hydrogen-bond acceptors (Lipinski definition) is 5. The Morgan fingerprint density at radius 1 is 1.03 bits per heavy atom. The van der Waals surface area contributed by atoms with Gasteiger partial charge in [-0.15, -0.1) is 0 Å². The second-order valence-corrected chi connectivity index (χ2v) is 11.2. The van der Waals surface area contributed by atoms with E-state index in [1.54, 1.807) is 0 Å². The van der Waals surface area contributed by atoms with Crippen LogP contribution in [0.25, 0.3) is 0 Å². The summed E-state index contributed by atoms with van der Waals surface area (Å²) >= 11 is 0. The van der Waals surface area contributed by atoms with Crippen molar-refractivity contribution in [1.29, 1.82) is 0 Å². The number of rotatable bonds is 2. The molecule has 5 fully saturated rings. The third kappa shape index (κ3) is 3.02.